The van der Waals surface area contributed by atoms with E-state index in [0.29, 0.717) is 12.8 Å². The lowest BCUT2D eigenvalue weighted by Gasteiger charge is -2.40. The zero-order valence-electron chi connectivity index (χ0n) is 38.7. The van der Waals surface area contributed by atoms with Gasteiger partial charge in [-0.25, -0.2) is 0 Å². The fourth-order valence-electron chi connectivity index (χ4n) is 8.44. The topological polar surface area (TPSA) is 189 Å². The van der Waals surface area contributed by atoms with Gasteiger partial charge in [0.15, 0.2) is 6.29 Å². The molecule has 8 N–H and O–H groups in total. The van der Waals surface area contributed by atoms with Crippen molar-refractivity contribution in [2.45, 2.75) is 294 Å². The fourth-order valence-corrected chi connectivity index (χ4v) is 8.44. The van der Waals surface area contributed by atoms with Gasteiger partial charge in [-0.3, -0.25) is 4.79 Å². The summed E-state index contributed by atoms with van der Waals surface area (Å²) in [7, 11) is 0. The molecular formula is C49H97NO10. The molecule has 0 spiro atoms. The van der Waals surface area contributed by atoms with E-state index in [9.17, 15) is 40.5 Å². The molecule has 1 amide bonds. The second kappa shape index (κ2) is 39.7. The Labute approximate surface area is 367 Å². The highest BCUT2D eigenvalue weighted by Gasteiger charge is 2.44. The lowest BCUT2D eigenvalue weighted by Crippen LogP contribution is -2.60. The molecule has 11 heteroatoms. The number of hydrogen-bond donors (Lipinski definition) is 8. The van der Waals surface area contributed by atoms with E-state index in [1.54, 1.807) is 0 Å². The molecule has 0 unspecified atom stereocenters. The van der Waals surface area contributed by atoms with Crippen molar-refractivity contribution < 1.29 is 50.0 Å². The molecule has 11 nitrogen and oxygen atoms in total. The second-order valence-electron chi connectivity index (χ2n) is 18.3. The summed E-state index contributed by atoms with van der Waals surface area (Å²) in [5.41, 5.74) is 0. The summed E-state index contributed by atoms with van der Waals surface area (Å²) in [5.74, 6) is -0.662. The van der Waals surface area contributed by atoms with Crippen molar-refractivity contribution in [2.75, 3.05) is 13.2 Å². The average Bonchev–Trinajstić information content (AvgIpc) is 3.24. The van der Waals surface area contributed by atoms with E-state index in [1.165, 1.54) is 161 Å². The summed E-state index contributed by atoms with van der Waals surface area (Å²) < 4.78 is 11.1. The monoisotopic (exact) mass is 860 g/mol. The number of ether oxygens (including phenoxy) is 2. The largest absolute Gasteiger partial charge is 0.394 e. The Morgan fingerprint density at radius 2 is 0.900 bits per heavy atom. The summed E-state index contributed by atoms with van der Waals surface area (Å²) in [5, 5.41) is 75.7. The molecule has 60 heavy (non-hydrogen) atoms. The maximum atomic E-state index is 13.1. The van der Waals surface area contributed by atoms with E-state index >= 15 is 0 Å². The van der Waals surface area contributed by atoms with Crippen LogP contribution in [0.25, 0.3) is 0 Å². The van der Waals surface area contributed by atoms with E-state index in [-0.39, 0.29) is 19.4 Å². The highest BCUT2D eigenvalue weighted by Crippen LogP contribution is 2.23. The number of carbonyl (C=O) groups is 1. The van der Waals surface area contributed by atoms with Gasteiger partial charge in [-0.1, -0.05) is 219 Å². The molecule has 0 bridgehead atoms. The van der Waals surface area contributed by atoms with E-state index in [4.69, 9.17) is 9.47 Å². The first-order valence-corrected chi connectivity index (χ1v) is 25.4. The minimum absolute atomic E-state index is 0.0313. The average molecular weight is 860 g/mol. The number of amides is 1. The summed E-state index contributed by atoms with van der Waals surface area (Å²) in [4.78, 5) is 13.1. The van der Waals surface area contributed by atoms with Crippen LogP contribution in [0.1, 0.15) is 239 Å². The molecule has 0 saturated carbocycles. The smallest absolute Gasteiger partial charge is 0.249 e. The number of unbranched alkanes of at least 4 members (excludes halogenated alkanes) is 30. The maximum absolute atomic E-state index is 13.1. The quantitative estimate of drug-likeness (QED) is 0.0275. The lowest BCUT2D eigenvalue weighted by atomic mass is 9.98. The third-order valence-electron chi connectivity index (χ3n) is 12.6. The van der Waals surface area contributed by atoms with Crippen molar-refractivity contribution in [1.29, 1.82) is 0 Å². The Bertz CT molecular complexity index is 944. The molecule has 0 aromatic carbocycles. The minimum atomic E-state index is -1.64. The molecular weight excluding hydrogens is 763 g/mol. The van der Waals surface area contributed by atoms with Gasteiger partial charge >= 0.3 is 0 Å². The molecule has 1 saturated heterocycles. The van der Waals surface area contributed by atoms with Crippen molar-refractivity contribution in [3.05, 3.63) is 0 Å². The maximum Gasteiger partial charge on any atom is 0.249 e. The van der Waals surface area contributed by atoms with Gasteiger partial charge in [-0.2, -0.15) is 0 Å². The minimum Gasteiger partial charge on any atom is -0.394 e. The first-order chi connectivity index (χ1) is 29.2. The zero-order valence-corrected chi connectivity index (χ0v) is 38.7. The summed E-state index contributed by atoms with van der Waals surface area (Å²) in [6.45, 7) is 3.52. The van der Waals surface area contributed by atoms with Crippen molar-refractivity contribution in [3.8, 4) is 0 Å². The van der Waals surface area contributed by atoms with Gasteiger partial charge in [-0.05, 0) is 12.8 Å². The molecule has 0 aliphatic carbocycles. The molecule has 1 aliphatic heterocycles. The van der Waals surface area contributed by atoms with E-state index in [1.807, 2.05) is 0 Å². The fraction of sp³-hybridized carbons (Fsp3) is 0.980. The normalized spacial score (nSPS) is 21.5. The Hall–Kier alpha value is -0.890. The Balaban J connectivity index is 2.36. The number of carbonyl (C=O) groups excluding carboxylic acids is 1. The Morgan fingerprint density at radius 3 is 1.28 bits per heavy atom. The van der Waals surface area contributed by atoms with Crippen LogP contribution in [0.15, 0.2) is 0 Å². The molecule has 1 rings (SSSR count). The van der Waals surface area contributed by atoms with E-state index in [0.717, 1.165) is 38.5 Å². The number of aliphatic hydroxyl groups is 7. The van der Waals surface area contributed by atoms with Gasteiger partial charge in [0.05, 0.1) is 31.5 Å². The van der Waals surface area contributed by atoms with Crippen LogP contribution in [0, 0.1) is 0 Å². The van der Waals surface area contributed by atoms with Gasteiger partial charge in [0, 0.05) is 6.42 Å². The summed E-state index contributed by atoms with van der Waals surface area (Å²) in [6, 6.07) is -1.06. The molecule has 0 aromatic rings. The summed E-state index contributed by atoms with van der Waals surface area (Å²) in [6.07, 6.45) is 30.0. The Kier molecular flexibility index (Phi) is 37.8. The first kappa shape index (κ1) is 57.1. The number of hydrogen-bond acceptors (Lipinski definition) is 10. The van der Waals surface area contributed by atoms with Crippen LogP contribution in [-0.2, 0) is 14.3 Å². The van der Waals surface area contributed by atoms with Crippen LogP contribution in [0.2, 0.25) is 0 Å². The first-order valence-electron chi connectivity index (χ1n) is 25.4. The van der Waals surface area contributed by atoms with Crippen LogP contribution >= 0.6 is 0 Å². The van der Waals surface area contributed by atoms with Gasteiger partial charge in [-0.15, -0.1) is 0 Å². The SMILES string of the molecule is CCCCCCCCCCCCCCCCCCCCCC[C@@H](O)C(=O)N[C@H](CO[C@@H]1O[C@H](CO)[C@@H](O)[C@H](O)[C@H]1O)[C@H](O)C[C@H](O)CCCCCCCCCCCCCC. The third kappa shape index (κ3) is 29.5. The predicted molar refractivity (Wildman–Crippen MR) is 243 cm³/mol. The van der Waals surface area contributed by atoms with Gasteiger partial charge < -0.3 is 50.5 Å². The molecule has 1 aliphatic rings. The van der Waals surface area contributed by atoms with Crippen molar-refractivity contribution in [2.24, 2.45) is 0 Å². The zero-order chi connectivity index (χ0) is 44.1. The van der Waals surface area contributed by atoms with E-state index < -0.39 is 67.6 Å². The van der Waals surface area contributed by atoms with Crippen molar-refractivity contribution in [1.82, 2.24) is 5.32 Å². The van der Waals surface area contributed by atoms with Gasteiger partial charge in [0.1, 0.15) is 30.5 Å². The molecule has 0 aromatic heterocycles. The molecule has 1 fully saturated rings. The second-order valence-corrected chi connectivity index (χ2v) is 18.3. The van der Waals surface area contributed by atoms with Gasteiger partial charge in [0.25, 0.3) is 0 Å². The van der Waals surface area contributed by atoms with Crippen LogP contribution in [0.3, 0.4) is 0 Å². The number of aliphatic hydroxyl groups excluding tert-OH is 7. The van der Waals surface area contributed by atoms with Crippen molar-refractivity contribution >= 4 is 5.91 Å². The summed E-state index contributed by atoms with van der Waals surface area (Å²) >= 11 is 0. The number of rotatable bonds is 43. The van der Waals surface area contributed by atoms with Crippen LogP contribution in [-0.4, -0.2) is 110 Å². The highest BCUT2D eigenvalue weighted by molar-refractivity contribution is 5.80. The molecule has 9 atom stereocenters. The molecule has 358 valence electrons. The van der Waals surface area contributed by atoms with E-state index in [2.05, 4.69) is 19.2 Å². The van der Waals surface area contributed by atoms with Gasteiger partial charge in [0.2, 0.25) is 5.91 Å². The molecule has 1 heterocycles. The van der Waals surface area contributed by atoms with Crippen LogP contribution in [0.5, 0.6) is 0 Å². The van der Waals surface area contributed by atoms with Crippen molar-refractivity contribution in [3.63, 3.8) is 0 Å². The number of nitrogens with one attached hydrogen (secondary N) is 1. The predicted octanol–water partition coefficient (Wildman–Crippen LogP) is 9.06. The van der Waals surface area contributed by atoms with Crippen LogP contribution < -0.4 is 5.32 Å². The third-order valence-corrected chi connectivity index (χ3v) is 12.6. The highest BCUT2D eigenvalue weighted by atomic mass is 16.7. The lowest BCUT2D eigenvalue weighted by molar-refractivity contribution is -0.302. The standard InChI is InChI=1S/C49H97NO10/c1-3-5-7-9-11-13-15-17-18-19-20-21-22-23-24-26-28-30-32-34-36-42(53)48(58)50-41(39-59-49-47(57)46(56)45(55)44(38-51)60-49)43(54)37-40(52)35-33-31-29-27-25-16-14-12-10-8-6-4-2/h40-47,49,51-57H,3-39H2,1-2H3,(H,50,58)/t40-,41-,42-,43-,44-,45-,46+,47-,49-/m1/s1. The molecule has 0 radical (unpaired) electrons. The Morgan fingerprint density at radius 1 is 0.533 bits per heavy atom. The van der Waals surface area contributed by atoms with Crippen LogP contribution in [0.4, 0.5) is 0 Å².